The molecular formula is C13H18. The van der Waals surface area contributed by atoms with Crippen LogP contribution in [-0.4, -0.2) is 0 Å². The molecule has 0 amide bonds. The molecule has 0 unspecified atom stereocenters. The zero-order chi connectivity index (χ0) is 9.90. The van der Waals surface area contributed by atoms with Crippen LogP contribution in [0.3, 0.4) is 0 Å². The molecule has 0 aromatic heterocycles. The summed E-state index contributed by atoms with van der Waals surface area (Å²) in [6.07, 6.45) is 1.05. The average molecular weight is 174 g/mol. The van der Waals surface area contributed by atoms with Crippen molar-refractivity contribution in [3.8, 4) is 0 Å². The van der Waals surface area contributed by atoms with Crippen LogP contribution in [0.15, 0.2) is 36.9 Å². The predicted octanol–water partition coefficient (Wildman–Crippen LogP) is 4.14. The van der Waals surface area contributed by atoms with Gasteiger partial charge in [-0.2, -0.15) is 0 Å². The Kier molecular flexibility index (Phi) is 2.92. The minimum Gasteiger partial charge on any atom is -0.0952 e. The Bertz CT molecular complexity index is 275. The fourth-order valence-corrected chi connectivity index (χ4v) is 1.42. The van der Waals surface area contributed by atoms with E-state index in [9.17, 15) is 0 Å². The van der Waals surface area contributed by atoms with Gasteiger partial charge in [0.05, 0.1) is 0 Å². The fraction of sp³-hybridized carbons (Fsp3) is 0.385. The molecule has 0 N–H and O–H groups in total. The molecule has 0 atom stereocenters. The Morgan fingerprint density at radius 3 is 2.15 bits per heavy atom. The number of rotatable bonds is 2. The van der Waals surface area contributed by atoms with Gasteiger partial charge < -0.3 is 0 Å². The maximum atomic E-state index is 4.11. The quantitative estimate of drug-likeness (QED) is 0.632. The summed E-state index contributed by atoms with van der Waals surface area (Å²) in [5.74, 6) is 0. The van der Waals surface area contributed by atoms with E-state index < -0.39 is 0 Å². The molecule has 0 heteroatoms. The molecule has 0 bridgehead atoms. The van der Waals surface area contributed by atoms with Crippen molar-refractivity contribution in [2.24, 2.45) is 5.41 Å². The molecule has 0 saturated heterocycles. The molecule has 1 rings (SSSR count). The van der Waals surface area contributed by atoms with Crippen LogP contribution in [0.4, 0.5) is 0 Å². The molecule has 0 aliphatic carbocycles. The van der Waals surface area contributed by atoms with Crippen LogP contribution in [0.5, 0.6) is 0 Å². The lowest BCUT2D eigenvalue weighted by atomic mass is 9.86. The summed E-state index contributed by atoms with van der Waals surface area (Å²) in [4.78, 5) is 0. The fourth-order valence-electron chi connectivity index (χ4n) is 1.42. The van der Waals surface area contributed by atoms with Crippen LogP contribution in [0, 0.1) is 5.41 Å². The lowest BCUT2D eigenvalue weighted by Gasteiger charge is -2.19. The largest absolute Gasteiger partial charge is 0.0952 e. The van der Waals surface area contributed by atoms with Crippen LogP contribution in [0.25, 0.3) is 5.57 Å². The van der Waals surface area contributed by atoms with E-state index in [0.29, 0.717) is 5.41 Å². The van der Waals surface area contributed by atoms with Crippen molar-refractivity contribution in [3.63, 3.8) is 0 Å². The van der Waals surface area contributed by atoms with Crippen LogP contribution in [0.2, 0.25) is 0 Å². The van der Waals surface area contributed by atoms with Crippen molar-refractivity contribution < 1.29 is 0 Å². The monoisotopic (exact) mass is 174 g/mol. The Morgan fingerprint density at radius 2 is 1.69 bits per heavy atom. The third-order valence-electron chi connectivity index (χ3n) is 1.93. The highest BCUT2D eigenvalue weighted by molar-refractivity contribution is 5.63. The van der Waals surface area contributed by atoms with Crippen molar-refractivity contribution in [2.45, 2.75) is 27.2 Å². The molecule has 0 radical (unpaired) electrons. The summed E-state index contributed by atoms with van der Waals surface area (Å²) in [6.45, 7) is 10.8. The van der Waals surface area contributed by atoms with Crippen molar-refractivity contribution in [1.29, 1.82) is 0 Å². The Balaban J connectivity index is 2.71. The van der Waals surface area contributed by atoms with Crippen molar-refractivity contribution in [1.82, 2.24) is 0 Å². The molecule has 0 aliphatic rings. The Hall–Kier alpha value is -1.04. The van der Waals surface area contributed by atoms with Gasteiger partial charge in [-0.1, -0.05) is 57.7 Å². The van der Waals surface area contributed by atoms with Gasteiger partial charge in [0, 0.05) is 0 Å². The topological polar surface area (TPSA) is 0 Å². The van der Waals surface area contributed by atoms with E-state index in [1.165, 1.54) is 11.1 Å². The second kappa shape index (κ2) is 3.78. The third-order valence-corrected chi connectivity index (χ3v) is 1.93. The first-order valence-electron chi connectivity index (χ1n) is 4.72. The highest BCUT2D eigenvalue weighted by Crippen LogP contribution is 2.28. The molecule has 70 valence electrons. The molecular weight excluding hydrogens is 156 g/mol. The van der Waals surface area contributed by atoms with Crippen molar-refractivity contribution >= 4 is 5.57 Å². The first-order chi connectivity index (χ1) is 5.99. The minimum atomic E-state index is 0.326. The zero-order valence-corrected chi connectivity index (χ0v) is 8.80. The average Bonchev–Trinajstić information content (AvgIpc) is 2.03. The van der Waals surface area contributed by atoms with Gasteiger partial charge >= 0.3 is 0 Å². The molecule has 1 aromatic rings. The van der Waals surface area contributed by atoms with Gasteiger partial charge in [0.2, 0.25) is 0 Å². The van der Waals surface area contributed by atoms with E-state index in [1.807, 2.05) is 6.07 Å². The van der Waals surface area contributed by atoms with E-state index >= 15 is 0 Å². The van der Waals surface area contributed by atoms with Crippen molar-refractivity contribution in [3.05, 3.63) is 42.5 Å². The summed E-state index contributed by atoms with van der Waals surface area (Å²) in [5, 5.41) is 0. The first-order valence-corrected chi connectivity index (χ1v) is 4.72. The highest BCUT2D eigenvalue weighted by atomic mass is 14.2. The summed E-state index contributed by atoms with van der Waals surface area (Å²) in [6, 6.07) is 10.4. The van der Waals surface area contributed by atoms with E-state index in [4.69, 9.17) is 0 Å². The van der Waals surface area contributed by atoms with Crippen LogP contribution in [0.1, 0.15) is 32.8 Å². The molecule has 0 saturated carbocycles. The first kappa shape index (κ1) is 10.0. The molecule has 1 aromatic carbocycles. The minimum absolute atomic E-state index is 0.326. The highest BCUT2D eigenvalue weighted by Gasteiger charge is 2.12. The zero-order valence-electron chi connectivity index (χ0n) is 8.80. The second-order valence-corrected chi connectivity index (χ2v) is 4.71. The molecule has 0 nitrogen and oxygen atoms in total. The molecule has 0 spiro atoms. The van der Waals surface area contributed by atoms with E-state index in [1.54, 1.807) is 0 Å². The van der Waals surface area contributed by atoms with Crippen LogP contribution >= 0.6 is 0 Å². The summed E-state index contributed by atoms with van der Waals surface area (Å²) in [5.41, 5.74) is 2.82. The summed E-state index contributed by atoms with van der Waals surface area (Å²) < 4.78 is 0. The van der Waals surface area contributed by atoms with Gasteiger partial charge in [0.1, 0.15) is 0 Å². The van der Waals surface area contributed by atoms with E-state index in [-0.39, 0.29) is 0 Å². The Labute approximate surface area is 81.3 Å². The van der Waals surface area contributed by atoms with Gasteiger partial charge in [-0.3, -0.25) is 0 Å². The summed E-state index contributed by atoms with van der Waals surface area (Å²) in [7, 11) is 0. The second-order valence-electron chi connectivity index (χ2n) is 4.71. The molecule has 13 heavy (non-hydrogen) atoms. The maximum Gasteiger partial charge on any atom is -0.0230 e. The number of allylic oxidation sites excluding steroid dienone is 1. The molecule has 0 aliphatic heterocycles. The predicted molar refractivity (Wildman–Crippen MR) is 59.5 cm³/mol. The van der Waals surface area contributed by atoms with Gasteiger partial charge in [-0.25, -0.2) is 0 Å². The van der Waals surface area contributed by atoms with Gasteiger partial charge in [0.25, 0.3) is 0 Å². The molecule has 0 heterocycles. The van der Waals surface area contributed by atoms with Gasteiger partial charge in [0.15, 0.2) is 0 Å². The van der Waals surface area contributed by atoms with Crippen molar-refractivity contribution in [2.75, 3.05) is 0 Å². The van der Waals surface area contributed by atoms with E-state index in [2.05, 4.69) is 51.6 Å². The number of hydrogen-bond donors (Lipinski definition) is 0. The maximum absolute atomic E-state index is 4.11. The Morgan fingerprint density at radius 1 is 1.15 bits per heavy atom. The molecule has 0 fully saturated rings. The SMILES string of the molecule is C=C(CC(C)(C)C)c1ccccc1. The normalized spacial score (nSPS) is 11.3. The number of benzene rings is 1. The lowest BCUT2D eigenvalue weighted by Crippen LogP contribution is -2.05. The third kappa shape index (κ3) is 3.45. The van der Waals surface area contributed by atoms with Gasteiger partial charge in [-0.05, 0) is 23.0 Å². The number of hydrogen-bond acceptors (Lipinski definition) is 0. The van der Waals surface area contributed by atoms with Crippen LogP contribution < -0.4 is 0 Å². The smallest absolute Gasteiger partial charge is 0.0230 e. The van der Waals surface area contributed by atoms with E-state index in [0.717, 1.165) is 6.42 Å². The standard InChI is InChI=1S/C13H18/c1-11(10-13(2,3)4)12-8-6-5-7-9-12/h5-9H,1,10H2,2-4H3. The van der Waals surface area contributed by atoms with Crippen LogP contribution in [-0.2, 0) is 0 Å². The van der Waals surface area contributed by atoms with Gasteiger partial charge in [-0.15, -0.1) is 0 Å². The summed E-state index contributed by atoms with van der Waals surface area (Å²) >= 11 is 0. The lowest BCUT2D eigenvalue weighted by molar-refractivity contribution is 0.427.